The molecule has 0 aliphatic carbocycles. The van der Waals surface area contributed by atoms with Crippen LogP contribution in [0.25, 0.3) is 0 Å². The molecule has 2 nitrogen and oxygen atoms in total. The van der Waals surface area contributed by atoms with Gasteiger partial charge in [-0.25, -0.2) is 0 Å². The van der Waals surface area contributed by atoms with E-state index >= 15 is 0 Å². The van der Waals surface area contributed by atoms with Crippen LogP contribution in [0.1, 0.15) is 18.9 Å². The van der Waals surface area contributed by atoms with Crippen LogP contribution in [0.15, 0.2) is 22.9 Å². The molecular weight excluding hydrogens is 240 g/mol. The van der Waals surface area contributed by atoms with Crippen molar-refractivity contribution in [1.82, 2.24) is 10.3 Å². The highest BCUT2D eigenvalue weighted by Crippen LogP contribution is 2.31. The van der Waals surface area contributed by atoms with E-state index in [1.165, 1.54) is 12.0 Å². The highest BCUT2D eigenvalue weighted by molar-refractivity contribution is 9.10. The fourth-order valence-electron chi connectivity index (χ4n) is 1.96. The summed E-state index contributed by atoms with van der Waals surface area (Å²) in [5.41, 5.74) is 1.82. The fraction of sp³-hybridized carbons (Fsp3) is 0.545. The van der Waals surface area contributed by atoms with Gasteiger partial charge in [-0.2, -0.15) is 0 Å². The molecule has 1 aromatic rings. The number of nitrogens with zero attached hydrogens (tertiary/aromatic N) is 1. The Morgan fingerprint density at radius 2 is 2.29 bits per heavy atom. The van der Waals surface area contributed by atoms with Crippen molar-refractivity contribution in [2.24, 2.45) is 5.41 Å². The van der Waals surface area contributed by atoms with Crippen LogP contribution in [0.2, 0.25) is 0 Å². The SMILES string of the molecule is CCC1(Cc2cncc(Br)c2)CNC1. The van der Waals surface area contributed by atoms with E-state index in [1.54, 1.807) is 0 Å². The van der Waals surface area contributed by atoms with Crippen molar-refractivity contribution in [3.05, 3.63) is 28.5 Å². The third-order valence-corrected chi connectivity index (χ3v) is 3.52. The normalized spacial score (nSPS) is 19.0. The summed E-state index contributed by atoms with van der Waals surface area (Å²) in [6.07, 6.45) is 6.19. The molecule has 2 rings (SSSR count). The summed E-state index contributed by atoms with van der Waals surface area (Å²) >= 11 is 3.45. The second kappa shape index (κ2) is 3.99. The van der Waals surface area contributed by atoms with Crippen molar-refractivity contribution in [2.45, 2.75) is 19.8 Å². The van der Waals surface area contributed by atoms with Crippen molar-refractivity contribution >= 4 is 15.9 Å². The molecule has 14 heavy (non-hydrogen) atoms. The number of hydrogen-bond acceptors (Lipinski definition) is 2. The smallest absolute Gasteiger partial charge is 0.0410 e. The summed E-state index contributed by atoms with van der Waals surface area (Å²) in [7, 11) is 0. The molecule has 1 fully saturated rings. The standard InChI is InChI=1S/C11H15BrN2/c1-2-11(7-14-8-11)4-9-3-10(12)6-13-5-9/h3,5-6,14H,2,4,7-8H2,1H3. The molecule has 0 aromatic carbocycles. The van der Waals surface area contributed by atoms with Gasteiger partial charge >= 0.3 is 0 Å². The molecular formula is C11H15BrN2. The van der Waals surface area contributed by atoms with Gasteiger partial charge in [0.2, 0.25) is 0 Å². The summed E-state index contributed by atoms with van der Waals surface area (Å²) in [6.45, 7) is 4.57. The first kappa shape index (κ1) is 10.1. The van der Waals surface area contributed by atoms with Gasteiger partial charge < -0.3 is 5.32 Å². The van der Waals surface area contributed by atoms with E-state index in [-0.39, 0.29) is 0 Å². The lowest BCUT2D eigenvalue weighted by Gasteiger charge is -2.42. The average Bonchev–Trinajstić information content (AvgIpc) is 2.11. The molecule has 0 unspecified atom stereocenters. The Balaban J connectivity index is 2.09. The van der Waals surface area contributed by atoms with Crippen LogP contribution in [0, 0.1) is 5.41 Å². The van der Waals surface area contributed by atoms with Crippen LogP contribution >= 0.6 is 15.9 Å². The molecule has 1 N–H and O–H groups in total. The summed E-state index contributed by atoms with van der Waals surface area (Å²) < 4.78 is 1.08. The van der Waals surface area contributed by atoms with Crippen molar-refractivity contribution in [1.29, 1.82) is 0 Å². The molecule has 0 amide bonds. The molecule has 1 saturated heterocycles. The van der Waals surface area contributed by atoms with Gasteiger partial charge in [-0.15, -0.1) is 0 Å². The number of halogens is 1. The van der Waals surface area contributed by atoms with E-state index in [9.17, 15) is 0 Å². The Bertz CT molecular complexity index is 315. The first-order valence-corrected chi connectivity index (χ1v) is 5.84. The molecule has 1 aromatic heterocycles. The maximum atomic E-state index is 4.19. The Kier molecular flexibility index (Phi) is 2.88. The summed E-state index contributed by atoms with van der Waals surface area (Å²) in [5, 5.41) is 3.36. The number of pyridine rings is 1. The molecule has 0 radical (unpaired) electrons. The van der Waals surface area contributed by atoms with E-state index in [0.717, 1.165) is 24.0 Å². The lowest BCUT2D eigenvalue weighted by Crippen LogP contribution is -2.54. The Labute approximate surface area is 93.3 Å². The van der Waals surface area contributed by atoms with Gasteiger partial charge in [0.05, 0.1) is 0 Å². The van der Waals surface area contributed by atoms with E-state index in [0.29, 0.717) is 5.41 Å². The third kappa shape index (κ3) is 1.98. The lowest BCUT2D eigenvalue weighted by molar-refractivity contribution is 0.160. The Hall–Kier alpha value is -0.410. The lowest BCUT2D eigenvalue weighted by atomic mass is 9.74. The molecule has 76 valence electrons. The Morgan fingerprint density at radius 3 is 2.79 bits per heavy atom. The molecule has 1 aliphatic rings. The zero-order valence-electron chi connectivity index (χ0n) is 8.39. The molecule has 1 aliphatic heterocycles. The topological polar surface area (TPSA) is 24.9 Å². The van der Waals surface area contributed by atoms with Crippen molar-refractivity contribution in [3.63, 3.8) is 0 Å². The van der Waals surface area contributed by atoms with Crippen LogP contribution in [0.5, 0.6) is 0 Å². The van der Waals surface area contributed by atoms with Gasteiger partial charge in [0.15, 0.2) is 0 Å². The maximum Gasteiger partial charge on any atom is 0.0410 e. The van der Waals surface area contributed by atoms with E-state index < -0.39 is 0 Å². The van der Waals surface area contributed by atoms with E-state index in [4.69, 9.17) is 0 Å². The number of nitrogens with one attached hydrogen (secondary N) is 1. The van der Waals surface area contributed by atoms with Crippen LogP contribution in [-0.2, 0) is 6.42 Å². The van der Waals surface area contributed by atoms with Crippen molar-refractivity contribution < 1.29 is 0 Å². The predicted molar refractivity (Wildman–Crippen MR) is 61.2 cm³/mol. The zero-order valence-corrected chi connectivity index (χ0v) is 9.97. The summed E-state index contributed by atoms with van der Waals surface area (Å²) in [4.78, 5) is 4.19. The summed E-state index contributed by atoms with van der Waals surface area (Å²) in [6, 6.07) is 2.17. The average molecular weight is 255 g/mol. The number of hydrogen-bond donors (Lipinski definition) is 1. The van der Waals surface area contributed by atoms with Crippen molar-refractivity contribution in [3.8, 4) is 0 Å². The van der Waals surface area contributed by atoms with Gasteiger partial charge in [0.25, 0.3) is 0 Å². The van der Waals surface area contributed by atoms with Gasteiger partial charge in [-0.05, 0) is 45.8 Å². The fourth-order valence-corrected chi connectivity index (χ4v) is 2.38. The van der Waals surface area contributed by atoms with Crippen LogP contribution in [-0.4, -0.2) is 18.1 Å². The monoisotopic (exact) mass is 254 g/mol. The van der Waals surface area contributed by atoms with Gasteiger partial charge in [-0.3, -0.25) is 4.98 Å². The molecule has 0 spiro atoms. The van der Waals surface area contributed by atoms with Crippen molar-refractivity contribution in [2.75, 3.05) is 13.1 Å². The highest BCUT2D eigenvalue weighted by atomic mass is 79.9. The molecule has 0 bridgehead atoms. The molecule has 0 saturated carbocycles. The predicted octanol–water partition coefficient (Wildman–Crippen LogP) is 2.39. The van der Waals surface area contributed by atoms with Gasteiger partial charge in [0.1, 0.15) is 0 Å². The van der Waals surface area contributed by atoms with E-state index in [1.807, 2.05) is 12.4 Å². The Morgan fingerprint density at radius 1 is 1.50 bits per heavy atom. The first-order valence-electron chi connectivity index (χ1n) is 5.04. The van der Waals surface area contributed by atoms with Crippen LogP contribution < -0.4 is 5.32 Å². The highest BCUT2D eigenvalue weighted by Gasteiger charge is 2.34. The maximum absolute atomic E-state index is 4.19. The minimum atomic E-state index is 0.489. The minimum absolute atomic E-state index is 0.489. The summed E-state index contributed by atoms with van der Waals surface area (Å²) in [5.74, 6) is 0. The number of rotatable bonds is 3. The number of aromatic nitrogens is 1. The van der Waals surface area contributed by atoms with E-state index in [2.05, 4.69) is 39.2 Å². The molecule has 2 heterocycles. The first-order chi connectivity index (χ1) is 6.74. The van der Waals surface area contributed by atoms with Crippen LogP contribution in [0.3, 0.4) is 0 Å². The minimum Gasteiger partial charge on any atom is -0.316 e. The largest absolute Gasteiger partial charge is 0.316 e. The quantitative estimate of drug-likeness (QED) is 0.897. The third-order valence-electron chi connectivity index (χ3n) is 3.09. The zero-order chi connectivity index (χ0) is 10.0. The van der Waals surface area contributed by atoms with Crippen LogP contribution in [0.4, 0.5) is 0 Å². The second-order valence-corrected chi connectivity index (χ2v) is 5.06. The van der Waals surface area contributed by atoms with Gasteiger partial charge in [-0.1, -0.05) is 6.92 Å². The molecule has 0 atom stereocenters. The van der Waals surface area contributed by atoms with Gasteiger partial charge in [0, 0.05) is 30.0 Å². The second-order valence-electron chi connectivity index (χ2n) is 4.15. The molecule has 3 heteroatoms.